The van der Waals surface area contributed by atoms with Gasteiger partial charge in [0.25, 0.3) is 0 Å². The molecule has 2 rings (SSSR count). The van der Waals surface area contributed by atoms with Gasteiger partial charge in [0.2, 0.25) is 0 Å². The van der Waals surface area contributed by atoms with Crippen molar-refractivity contribution in [3.8, 4) is 0 Å². The van der Waals surface area contributed by atoms with Crippen molar-refractivity contribution in [2.45, 2.75) is 12.5 Å². The van der Waals surface area contributed by atoms with E-state index in [1.807, 2.05) is 43.4 Å². The minimum atomic E-state index is 0.205. The average Bonchev–Trinajstić information content (AvgIpc) is 2.82. The summed E-state index contributed by atoms with van der Waals surface area (Å²) in [4.78, 5) is 0. The van der Waals surface area contributed by atoms with Crippen LogP contribution in [-0.4, -0.2) is 7.05 Å². The molecule has 0 aliphatic carbocycles. The zero-order chi connectivity index (χ0) is 11.4. The number of halogens is 1. The van der Waals surface area contributed by atoms with E-state index in [2.05, 4.69) is 5.32 Å². The first-order chi connectivity index (χ1) is 7.79. The molecule has 1 atom stereocenters. The van der Waals surface area contributed by atoms with Crippen molar-refractivity contribution in [2.24, 2.45) is 0 Å². The SMILES string of the molecule is CN[C@H](Cc1ccc(Cl)cc1)c1ccco1. The molecule has 0 fully saturated rings. The molecular weight excluding hydrogens is 222 g/mol. The summed E-state index contributed by atoms with van der Waals surface area (Å²) in [7, 11) is 1.93. The van der Waals surface area contributed by atoms with Crippen LogP contribution in [0.3, 0.4) is 0 Å². The summed E-state index contributed by atoms with van der Waals surface area (Å²) in [6, 6.07) is 12.0. The lowest BCUT2D eigenvalue weighted by molar-refractivity contribution is 0.429. The molecule has 1 aromatic heterocycles. The Morgan fingerprint density at radius 3 is 2.56 bits per heavy atom. The van der Waals surface area contributed by atoms with Gasteiger partial charge in [-0.25, -0.2) is 0 Å². The predicted molar refractivity (Wildman–Crippen MR) is 65.7 cm³/mol. The molecule has 0 amide bonds. The first kappa shape index (κ1) is 11.2. The van der Waals surface area contributed by atoms with Crippen LogP contribution in [0.2, 0.25) is 5.02 Å². The fourth-order valence-electron chi connectivity index (χ4n) is 1.69. The van der Waals surface area contributed by atoms with Gasteiger partial charge in [0.05, 0.1) is 12.3 Å². The van der Waals surface area contributed by atoms with Crippen LogP contribution in [0.4, 0.5) is 0 Å². The van der Waals surface area contributed by atoms with E-state index in [9.17, 15) is 0 Å². The lowest BCUT2D eigenvalue weighted by Gasteiger charge is -2.13. The van der Waals surface area contributed by atoms with Crippen molar-refractivity contribution in [3.63, 3.8) is 0 Å². The molecule has 3 heteroatoms. The highest BCUT2D eigenvalue weighted by atomic mass is 35.5. The van der Waals surface area contributed by atoms with Crippen LogP contribution in [0.15, 0.2) is 47.1 Å². The van der Waals surface area contributed by atoms with Crippen LogP contribution in [0.5, 0.6) is 0 Å². The van der Waals surface area contributed by atoms with Crippen molar-refractivity contribution in [2.75, 3.05) is 7.05 Å². The molecule has 1 aromatic carbocycles. The number of rotatable bonds is 4. The second kappa shape index (κ2) is 5.19. The number of likely N-dealkylation sites (N-methyl/N-ethyl adjacent to an activating group) is 1. The Morgan fingerprint density at radius 2 is 2.00 bits per heavy atom. The van der Waals surface area contributed by atoms with Gasteiger partial charge in [0.15, 0.2) is 0 Å². The van der Waals surface area contributed by atoms with Crippen LogP contribution in [0, 0.1) is 0 Å². The summed E-state index contributed by atoms with van der Waals surface area (Å²) < 4.78 is 5.39. The Labute approximate surface area is 100 Å². The summed E-state index contributed by atoms with van der Waals surface area (Å²) in [5, 5.41) is 4.01. The maximum atomic E-state index is 5.85. The third kappa shape index (κ3) is 2.65. The predicted octanol–water partition coefficient (Wildman–Crippen LogP) is 3.44. The molecular formula is C13H14ClNO. The maximum Gasteiger partial charge on any atom is 0.121 e. The highest BCUT2D eigenvalue weighted by Crippen LogP contribution is 2.19. The first-order valence-electron chi connectivity index (χ1n) is 5.24. The van der Waals surface area contributed by atoms with Crippen molar-refractivity contribution >= 4 is 11.6 Å². The molecule has 0 aliphatic heterocycles. The van der Waals surface area contributed by atoms with Crippen LogP contribution >= 0.6 is 11.6 Å². The van der Waals surface area contributed by atoms with E-state index < -0.39 is 0 Å². The first-order valence-corrected chi connectivity index (χ1v) is 5.62. The Balaban J connectivity index is 2.10. The van der Waals surface area contributed by atoms with Gasteiger partial charge in [-0.2, -0.15) is 0 Å². The van der Waals surface area contributed by atoms with Gasteiger partial charge in [-0.3, -0.25) is 0 Å². The monoisotopic (exact) mass is 235 g/mol. The number of benzene rings is 1. The number of nitrogens with one attached hydrogen (secondary N) is 1. The molecule has 0 unspecified atom stereocenters. The maximum absolute atomic E-state index is 5.85. The van der Waals surface area contributed by atoms with Crippen LogP contribution in [-0.2, 0) is 6.42 Å². The highest BCUT2D eigenvalue weighted by Gasteiger charge is 2.12. The normalized spacial score (nSPS) is 12.6. The average molecular weight is 236 g/mol. The number of hydrogen-bond acceptors (Lipinski definition) is 2. The summed E-state index contributed by atoms with van der Waals surface area (Å²) in [6.45, 7) is 0. The highest BCUT2D eigenvalue weighted by molar-refractivity contribution is 6.30. The largest absolute Gasteiger partial charge is 0.468 e. The third-order valence-electron chi connectivity index (χ3n) is 2.59. The van der Waals surface area contributed by atoms with E-state index in [1.54, 1.807) is 6.26 Å². The molecule has 2 aromatic rings. The van der Waals surface area contributed by atoms with E-state index in [0.29, 0.717) is 0 Å². The summed E-state index contributed by atoms with van der Waals surface area (Å²) >= 11 is 5.85. The molecule has 0 aliphatic rings. The quantitative estimate of drug-likeness (QED) is 0.878. The van der Waals surface area contributed by atoms with Gasteiger partial charge in [-0.1, -0.05) is 23.7 Å². The molecule has 0 saturated heterocycles. The van der Waals surface area contributed by atoms with E-state index in [4.69, 9.17) is 16.0 Å². The van der Waals surface area contributed by atoms with Crippen LogP contribution in [0.25, 0.3) is 0 Å². The van der Waals surface area contributed by atoms with E-state index >= 15 is 0 Å². The van der Waals surface area contributed by atoms with E-state index in [-0.39, 0.29) is 6.04 Å². The molecule has 0 radical (unpaired) electrons. The molecule has 0 saturated carbocycles. The Hall–Kier alpha value is -1.25. The number of furan rings is 1. The molecule has 0 bridgehead atoms. The number of hydrogen-bond donors (Lipinski definition) is 1. The van der Waals surface area contributed by atoms with E-state index in [0.717, 1.165) is 17.2 Å². The summed E-state index contributed by atoms with van der Waals surface area (Å²) in [5.74, 6) is 0.956. The lowest BCUT2D eigenvalue weighted by Crippen LogP contribution is -2.18. The molecule has 0 spiro atoms. The van der Waals surface area contributed by atoms with Gasteiger partial charge >= 0.3 is 0 Å². The zero-order valence-corrected chi connectivity index (χ0v) is 9.87. The molecule has 1 heterocycles. The fraction of sp³-hybridized carbons (Fsp3) is 0.231. The molecule has 84 valence electrons. The van der Waals surface area contributed by atoms with Crippen molar-refractivity contribution in [3.05, 3.63) is 59.0 Å². The second-order valence-corrected chi connectivity index (χ2v) is 4.12. The lowest BCUT2D eigenvalue weighted by atomic mass is 10.0. The topological polar surface area (TPSA) is 25.2 Å². The molecule has 1 N–H and O–H groups in total. The third-order valence-corrected chi connectivity index (χ3v) is 2.84. The zero-order valence-electron chi connectivity index (χ0n) is 9.11. The van der Waals surface area contributed by atoms with Crippen molar-refractivity contribution in [1.82, 2.24) is 5.32 Å². The van der Waals surface area contributed by atoms with Crippen molar-refractivity contribution < 1.29 is 4.42 Å². The standard InChI is InChI=1S/C13H14ClNO/c1-15-12(13-3-2-8-16-13)9-10-4-6-11(14)7-5-10/h2-8,12,15H,9H2,1H3/t12-/m1/s1. The minimum absolute atomic E-state index is 0.205. The van der Waals surface area contributed by atoms with Crippen LogP contribution in [0.1, 0.15) is 17.4 Å². The van der Waals surface area contributed by atoms with Gasteiger partial charge in [0.1, 0.15) is 5.76 Å². The van der Waals surface area contributed by atoms with Gasteiger partial charge in [-0.15, -0.1) is 0 Å². The van der Waals surface area contributed by atoms with Crippen LogP contribution < -0.4 is 5.32 Å². The van der Waals surface area contributed by atoms with Crippen molar-refractivity contribution in [1.29, 1.82) is 0 Å². The summed E-state index contributed by atoms with van der Waals surface area (Å²) in [5.41, 5.74) is 1.24. The summed E-state index contributed by atoms with van der Waals surface area (Å²) in [6.07, 6.45) is 2.59. The van der Waals surface area contributed by atoms with Gasteiger partial charge in [-0.05, 0) is 43.3 Å². The Bertz CT molecular complexity index is 422. The fourth-order valence-corrected chi connectivity index (χ4v) is 1.82. The van der Waals surface area contributed by atoms with Gasteiger partial charge in [0, 0.05) is 5.02 Å². The molecule has 2 nitrogen and oxygen atoms in total. The minimum Gasteiger partial charge on any atom is -0.468 e. The van der Waals surface area contributed by atoms with Gasteiger partial charge < -0.3 is 9.73 Å². The molecule has 16 heavy (non-hydrogen) atoms. The smallest absolute Gasteiger partial charge is 0.121 e. The Morgan fingerprint density at radius 1 is 1.25 bits per heavy atom. The Kier molecular flexibility index (Phi) is 3.65. The van der Waals surface area contributed by atoms with E-state index in [1.165, 1.54) is 5.56 Å². The second-order valence-electron chi connectivity index (χ2n) is 3.69.